The van der Waals surface area contributed by atoms with Crippen LogP contribution in [0.1, 0.15) is 5.56 Å². The standard InChI is InChI=1S/C9H7ClIN3/c10-9-3-7(1-2-12-9)5-14-6-8(11)4-13-14/h1-4,6H,5H2. The van der Waals surface area contributed by atoms with Crippen LogP contribution in [0.15, 0.2) is 30.7 Å². The van der Waals surface area contributed by atoms with E-state index in [1.807, 2.05) is 29.2 Å². The maximum Gasteiger partial charge on any atom is 0.129 e. The lowest BCUT2D eigenvalue weighted by Crippen LogP contribution is -1.99. The van der Waals surface area contributed by atoms with Gasteiger partial charge in [-0.05, 0) is 40.3 Å². The molecule has 3 nitrogen and oxygen atoms in total. The van der Waals surface area contributed by atoms with E-state index in [0.717, 1.165) is 15.7 Å². The third kappa shape index (κ3) is 2.45. The van der Waals surface area contributed by atoms with Gasteiger partial charge in [-0.25, -0.2) is 4.98 Å². The Bertz CT molecular complexity index is 441. The zero-order chi connectivity index (χ0) is 9.97. The molecule has 0 radical (unpaired) electrons. The van der Waals surface area contributed by atoms with Crippen molar-refractivity contribution < 1.29 is 0 Å². The average Bonchev–Trinajstić information content (AvgIpc) is 2.51. The maximum atomic E-state index is 5.77. The lowest BCUT2D eigenvalue weighted by molar-refractivity contribution is 0.686. The molecule has 2 aromatic heterocycles. The van der Waals surface area contributed by atoms with E-state index in [-0.39, 0.29) is 0 Å². The fourth-order valence-electron chi connectivity index (χ4n) is 1.15. The third-order valence-electron chi connectivity index (χ3n) is 1.74. The zero-order valence-corrected chi connectivity index (χ0v) is 10.1. The SMILES string of the molecule is Clc1cc(Cn2cc(I)cn2)ccn1. The smallest absolute Gasteiger partial charge is 0.129 e. The molecule has 0 saturated carbocycles. The van der Waals surface area contributed by atoms with Crippen LogP contribution in [-0.4, -0.2) is 14.8 Å². The van der Waals surface area contributed by atoms with Crippen molar-refractivity contribution in [2.75, 3.05) is 0 Å². The zero-order valence-electron chi connectivity index (χ0n) is 7.19. The monoisotopic (exact) mass is 319 g/mol. The lowest BCUT2D eigenvalue weighted by Gasteiger charge is -2.01. The normalized spacial score (nSPS) is 10.4. The largest absolute Gasteiger partial charge is 0.267 e. The van der Waals surface area contributed by atoms with Crippen LogP contribution in [0.5, 0.6) is 0 Å². The van der Waals surface area contributed by atoms with Gasteiger partial charge in [0, 0.05) is 12.4 Å². The summed E-state index contributed by atoms with van der Waals surface area (Å²) in [7, 11) is 0. The topological polar surface area (TPSA) is 30.7 Å². The summed E-state index contributed by atoms with van der Waals surface area (Å²) in [6, 6.07) is 3.77. The molecule has 0 N–H and O–H groups in total. The molecule has 2 rings (SSSR count). The molecule has 0 amide bonds. The van der Waals surface area contributed by atoms with Crippen molar-refractivity contribution in [1.29, 1.82) is 0 Å². The molecular weight excluding hydrogens is 312 g/mol. The van der Waals surface area contributed by atoms with Gasteiger partial charge in [-0.3, -0.25) is 4.68 Å². The van der Waals surface area contributed by atoms with Gasteiger partial charge < -0.3 is 0 Å². The molecule has 2 heterocycles. The quantitative estimate of drug-likeness (QED) is 0.629. The number of hydrogen-bond donors (Lipinski definition) is 0. The van der Waals surface area contributed by atoms with E-state index in [2.05, 4.69) is 32.7 Å². The van der Waals surface area contributed by atoms with Crippen LogP contribution < -0.4 is 0 Å². The summed E-state index contributed by atoms with van der Waals surface area (Å²) in [5.41, 5.74) is 1.10. The number of hydrogen-bond acceptors (Lipinski definition) is 2. The van der Waals surface area contributed by atoms with Gasteiger partial charge in [0.2, 0.25) is 0 Å². The molecule has 0 aliphatic carbocycles. The molecule has 2 aromatic rings. The van der Waals surface area contributed by atoms with E-state index >= 15 is 0 Å². The summed E-state index contributed by atoms with van der Waals surface area (Å²) in [6.07, 6.45) is 5.50. The molecule has 0 bridgehead atoms. The van der Waals surface area contributed by atoms with E-state index in [0.29, 0.717) is 5.15 Å². The van der Waals surface area contributed by atoms with Crippen molar-refractivity contribution in [1.82, 2.24) is 14.8 Å². The number of aromatic nitrogens is 3. The summed E-state index contributed by atoms with van der Waals surface area (Å²) < 4.78 is 3.00. The van der Waals surface area contributed by atoms with Gasteiger partial charge in [0.05, 0.1) is 16.3 Å². The molecule has 72 valence electrons. The van der Waals surface area contributed by atoms with Gasteiger partial charge in [-0.1, -0.05) is 11.6 Å². The van der Waals surface area contributed by atoms with Gasteiger partial charge in [0.1, 0.15) is 5.15 Å². The molecule has 0 unspecified atom stereocenters. The number of rotatable bonds is 2. The molecule has 0 saturated heterocycles. The molecule has 0 aromatic carbocycles. The number of nitrogens with zero attached hydrogens (tertiary/aromatic N) is 3. The Labute approximate surface area is 100 Å². The van der Waals surface area contributed by atoms with Crippen LogP contribution in [0.4, 0.5) is 0 Å². The summed E-state index contributed by atoms with van der Waals surface area (Å²) >= 11 is 8.00. The minimum atomic E-state index is 0.518. The second-order valence-electron chi connectivity index (χ2n) is 2.84. The van der Waals surface area contributed by atoms with Gasteiger partial charge in [0.15, 0.2) is 0 Å². The second kappa shape index (κ2) is 4.27. The fourth-order valence-corrected chi connectivity index (χ4v) is 1.80. The molecule has 0 fully saturated rings. The van der Waals surface area contributed by atoms with Gasteiger partial charge in [0.25, 0.3) is 0 Å². The average molecular weight is 320 g/mol. The summed E-state index contributed by atoms with van der Waals surface area (Å²) in [5, 5.41) is 4.70. The van der Waals surface area contributed by atoms with Crippen LogP contribution in [0.25, 0.3) is 0 Å². The van der Waals surface area contributed by atoms with Crippen LogP contribution in [0.3, 0.4) is 0 Å². The second-order valence-corrected chi connectivity index (χ2v) is 4.48. The Kier molecular flexibility index (Phi) is 3.02. The maximum absolute atomic E-state index is 5.77. The minimum Gasteiger partial charge on any atom is -0.267 e. The van der Waals surface area contributed by atoms with E-state index in [4.69, 9.17) is 11.6 Å². The van der Waals surface area contributed by atoms with Gasteiger partial charge in [-0.15, -0.1) is 0 Å². The Morgan fingerprint density at radius 1 is 1.50 bits per heavy atom. The Balaban J connectivity index is 2.18. The lowest BCUT2D eigenvalue weighted by atomic mass is 10.3. The van der Waals surface area contributed by atoms with Crippen molar-refractivity contribution >= 4 is 34.2 Å². The van der Waals surface area contributed by atoms with Crippen LogP contribution in [0.2, 0.25) is 5.15 Å². The first-order chi connectivity index (χ1) is 6.74. The summed E-state index contributed by atoms with van der Waals surface area (Å²) in [5.74, 6) is 0. The molecule has 0 atom stereocenters. The summed E-state index contributed by atoms with van der Waals surface area (Å²) in [6.45, 7) is 0.727. The van der Waals surface area contributed by atoms with Crippen LogP contribution in [0, 0.1) is 3.57 Å². The van der Waals surface area contributed by atoms with Crippen molar-refractivity contribution in [3.05, 3.63) is 45.0 Å². The van der Waals surface area contributed by atoms with Crippen molar-refractivity contribution in [3.63, 3.8) is 0 Å². The highest BCUT2D eigenvalue weighted by Crippen LogP contribution is 2.09. The highest BCUT2D eigenvalue weighted by molar-refractivity contribution is 14.1. The van der Waals surface area contributed by atoms with Crippen molar-refractivity contribution in [2.45, 2.75) is 6.54 Å². The Morgan fingerprint density at radius 3 is 3.00 bits per heavy atom. The number of halogens is 2. The van der Waals surface area contributed by atoms with E-state index in [1.165, 1.54) is 0 Å². The number of pyridine rings is 1. The van der Waals surface area contributed by atoms with Crippen LogP contribution in [-0.2, 0) is 6.54 Å². The highest BCUT2D eigenvalue weighted by atomic mass is 127. The molecule has 14 heavy (non-hydrogen) atoms. The molecule has 0 aliphatic heterocycles. The van der Waals surface area contributed by atoms with Crippen molar-refractivity contribution in [3.8, 4) is 0 Å². The minimum absolute atomic E-state index is 0.518. The van der Waals surface area contributed by atoms with Gasteiger partial charge >= 0.3 is 0 Å². The first kappa shape index (κ1) is 9.92. The molecule has 0 aliphatic rings. The highest BCUT2D eigenvalue weighted by Gasteiger charge is 1.98. The predicted molar refractivity (Wildman–Crippen MR) is 63.3 cm³/mol. The van der Waals surface area contributed by atoms with E-state index in [9.17, 15) is 0 Å². The van der Waals surface area contributed by atoms with Crippen LogP contribution >= 0.6 is 34.2 Å². The molecule has 0 spiro atoms. The third-order valence-corrected chi connectivity index (χ3v) is 2.50. The van der Waals surface area contributed by atoms with Crippen molar-refractivity contribution in [2.24, 2.45) is 0 Å². The van der Waals surface area contributed by atoms with E-state index in [1.54, 1.807) is 6.20 Å². The Morgan fingerprint density at radius 2 is 2.36 bits per heavy atom. The first-order valence-electron chi connectivity index (χ1n) is 4.02. The fraction of sp³-hybridized carbons (Fsp3) is 0.111. The summed E-state index contributed by atoms with van der Waals surface area (Å²) in [4.78, 5) is 3.92. The molecular formula is C9H7ClIN3. The Hall–Kier alpha value is -0.620. The van der Waals surface area contributed by atoms with E-state index < -0.39 is 0 Å². The first-order valence-corrected chi connectivity index (χ1v) is 5.48. The predicted octanol–water partition coefficient (Wildman–Crippen LogP) is 2.58. The van der Waals surface area contributed by atoms with Gasteiger partial charge in [-0.2, -0.15) is 5.10 Å². The molecule has 5 heteroatoms.